The normalized spacial score (nSPS) is 31.1. The van der Waals surface area contributed by atoms with E-state index in [1.807, 2.05) is 13.0 Å². The number of hydrogen-bond donors (Lipinski definition) is 0. The van der Waals surface area contributed by atoms with Crippen molar-refractivity contribution in [2.24, 2.45) is 11.8 Å². The van der Waals surface area contributed by atoms with E-state index in [4.69, 9.17) is 5.26 Å². The van der Waals surface area contributed by atoms with Gasteiger partial charge in [-0.15, -0.1) is 0 Å². The molecular weight excluding hydrogens is 114 g/mol. The lowest BCUT2D eigenvalue weighted by Crippen LogP contribution is -1.98. The quantitative estimate of drug-likeness (QED) is 0.552. The van der Waals surface area contributed by atoms with Crippen molar-refractivity contribution in [2.75, 3.05) is 0 Å². The smallest absolute Gasteiger partial charge is 0.150 e. The second-order valence-electron chi connectivity index (χ2n) is 2.62. The predicted molar refractivity (Wildman–Crippen MR) is 32.5 cm³/mol. The van der Waals surface area contributed by atoms with E-state index < -0.39 is 0 Å². The summed E-state index contributed by atoms with van der Waals surface area (Å²) in [5, 5.41) is 8.13. The highest BCUT2D eigenvalue weighted by atomic mass is 16.1. The van der Waals surface area contributed by atoms with E-state index in [1.165, 1.54) is 0 Å². The van der Waals surface area contributed by atoms with Crippen LogP contribution in [0.5, 0.6) is 0 Å². The predicted octanol–water partition coefficient (Wildman–Crippen LogP) is 1.13. The van der Waals surface area contributed by atoms with Gasteiger partial charge in [0, 0.05) is 5.92 Å². The molecule has 9 heavy (non-hydrogen) atoms. The van der Waals surface area contributed by atoms with Gasteiger partial charge in [-0.1, -0.05) is 6.92 Å². The van der Waals surface area contributed by atoms with E-state index in [2.05, 4.69) is 0 Å². The molecule has 0 bridgehead atoms. The minimum atomic E-state index is 0.106. The number of rotatable bonds is 2. The van der Waals surface area contributed by atoms with Crippen LogP contribution in [-0.4, -0.2) is 5.78 Å². The number of carbonyl (C=O) groups is 1. The zero-order valence-corrected chi connectivity index (χ0v) is 5.42. The van der Waals surface area contributed by atoms with Crippen molar-refractivity contribution >= 4 is 5.78 Å². The van der Waals surface area contributed by atoms with E-state index in [0.29, 0.717) is 5.92 Å². The molecule has 1 saturated carbocycles. The summed E-state index contributed by atoms with van der Waals surface area (Å²) in [6.45, 7) is 2.04. The highest BCUT2D eigenvalue weighted by Crippen LogP contribution is 2.38. The van der Waals surface area contributed by atoms with Gasteiger partial charge in [-0.2, -0.15) is 5.26 Å². The van der Waals surface area contributed by atoms with Gasteiger partial charge >= 0.3 is 0 Å². The molecule has 0 aromatic carbocycles. The summed E-state index contributed by atoms with van der Waals surface area (Å²) in [6.07, 6.45) is 1.11. The van der Waals surface area contributed by atoms with Crippen LogP contribution >= 0.6 is 0 Å². The van der Waals surface area contributed by atoms with Gasteiger partial charge in [0.1, 0.15) is 5.78 Å². The molecule has 0 N–H and O–H groups in total. The lowest BCUT2D eigenvalue weighted by molar-refractivity contribution is -0.119. The molecule has 1 fully saturated rings. The molecule has 1 aliphatic carbocycles. The number of hydrogen-bond acceptors (Lipinski definition) is 2. The van der Waals surface area contributed by atoms with Crippen LogP contribution in [0.2, 0.25) is 0 Å². The third-order valence-electron chi connectivity index (χ3n) is 1.78. The van der Waals surface area contributed by atoms with Crippen molar-refractivity contribution in [1.29, 1.82) is 5.26 Å². The summed E-state index contributed by atoms with van der Waals surface area (Å²) < 4.78 is 0. The lowest BCUT2D eigenvalue weighted by Gasteiger charge is -1.86. The van der Waals surface area contributed by atoms with Crippen molar-refractivity contribution in [2.45, 2.75) is 19.8 Å². The first kappa shape index (κ1) is 6.28. The molecule has 48 valence electrons. The number of Topliss-reactive ketones (excluding diaryl/α,β-unsaturated/α-hetero) is 1. The molecule has 0 aliphatic heterocycles. The van der Waals surface area contributed by atoms with Crippen molar-refractivity contribution in [3.05, 3.63) is 0 Å². The van der Waals surface area contributed by atoms with E-state index in [0.717, 1.165) is 6.42 Å². The van der Waals surface area contributed by atoms with Gasteiger partial charge < -0.3 is 0 Å². The largest absolute Gasteiger partial charge is 0.298 e. The molecule has 0 aromatic heterocycles. The number of nitriles is 1. The fraction of sp³-hybridized carbons (Fsp3) is 0.714. The Labute approximate surface area is 54.5 Å². The van der Waals surface area contributed by atoms with Crippen molar-refractivity contribution in [1.82, 2.24) is 0 Å². The first-order valence-corrected chi connectivity index (χ1v) is 3.15. The molecule has 2 unspecified atom stereocenters. The van der Waals surface area contributed by atoms with Crippen LogP contribution in [0.1, 0.15) is 19.8 Å². The molecule has 0 saturated heterocycles. The van der Waals surface area contributed by atoms with Crippen LogP contribution in [0, 0.1) is 23.2 Å². The second kappa shape index (κ2) is 2.18. The Morgan fingerprint density at radius 1 is 1.89 bits per heavy atom. The summed E-state index contributed by atoms with van der Waals surface area (Å²) in [5.74, 6) is 0.903. The summed E-state index contributed by atoms with van der Waals surface area (Å²) in [4.78, 5) is 10.8. The molecule has 0 radical (unpaired) electrons. The molecule has 1 rings (SSSR count). The average molecular weight is 123 g/mol. The molecule has 2 nitrogen and oxygen atoms in total. The van der Waals surface area contributed by atoms with Crippen molar-refractivity contribution in [3.63, 3.8) is 0 Å². The SMILES string of the molecule is CC1CC1C(=O)CC#N. The molecule has 2 atom stereocenters. The Morgan fingerprint density at radius 2 is 2.44 bits per heavy atom. The molecule has 2 heteroatoms. The molecule has 0 heterocycles. The molecule has 0 amide bonds. The number of ketones is 1. The Kier molecular flexibility index (Phi) is 1.52. The van der Waals surface area contributed by atoms with Gasteiger partial charge in [0.15, 0.2) is 0 Å². The first-order chi connectivity index (χ1) is 4.25. The maximum Gasteiger partial charge on any atom is 0.150 e. The Bertz CT molecular complexity index is 168. The van der Waals surface area contributed by atoms with Crippen LogP contribution in [0.15, 0.2) is 0 Å². The van der Waals surface area contributed by atoms with Crippen LogP contribution < -0.4 is 0 Å². The van der Waals surface area contributed by atoms with Crippen LogP contribution in [-0.2, 0) is 4.79 Å². The molecule has 1 aliphatic rings. The summed E-state index contributed by atoms with van der Waals surface area (Å²) in [6, 6.07) is 1.86. The van der Waals surface area contributed by atoms with Crippen LogP contribution in [0.3, 0.4) is 0 Å². The zero-order valence-electron chi connectivity index (χ0n) is 5.42. The van der Waals surface area contributed by atoms with E-state index in [1.54, 1.807) is 0 Å². The highest BCUT2D eigenvalue weighted by Gasteiger charge is 2.38. The minimum Gasteiger partial charge on any atom is -0.298 e. The van der Waals surface area contributed by atoms with Gasteiger partial charge in [-0.25, -0.2) is 0 Å². The van der Waals surface area contributed by atoms with Gasteiger partial charge in [0.2, 0.25) is 0 Å². The Morgan fingerprint density at radius 3 is 2.78 bits per heavy atom. The topological polar surface area (TPSA) is 40.9 Å². The standard InChI is InChI=1S/C7H9NO/c1-5-4-6(5)7(9)2-3-8/h5-6H,2,4H2,1H3. The third-order valence-corrected chi connectivity index (χ3v) is 1.78. The third kappa shape index (κ3) is 1.29. The molecular formula is C7H9NO. The van der Waals surface area contributed by atoms with E-state index >= 15 is 0 Å². The average Bonchev–Trinajstić information content (AvgIpc) is 2.47. The zero-order chi connectivity index (χ0) is 6.85. The van der Waals surface area contributed by atoms with Gasteiger partial charge in [0.25, 0.3) is 0 Å². The summed E-state index contributed by atoms with van der Waals surface area (Å²) in [7, 11) is 0. The summed E-state index contributed by atoms with van der Waals surface area (Å²) in [5.41, 5.74) is 0. The van der Waals surface area contributed by atoms with Crippen molar-refractivity contribution in [3.8, 4) is 6.07 Å². The van der Waals surface area contributed by atoms with Crippen molar-refractivity contribution < 1.29 is 4.79 Å². The van der Waals surface area contributed by atoms with Gasteiger partial charge in [-0.3, -0.25) is 4.79 Å². The van der Waals surface area contributed by atoms with Crippen LogP contribution in [0.4, 0.5) is 0 Å². The Hall–Kier alpha value is -0.840. The first-order valence-electron chi connectivity index (χ1n) is 3.15. The maximum atomic E-state index is 10.8. The fourth-order valence-corrected chi connectivity index (χ4v) is 0.980. The van der Waals surface area contributed by atoms with Crippen LogP contribution in [0.25, 0.3) is 0 Å². The fourth-order valence-electron chi connectivity index (χ4n) is 0.980. The monoisotopic (exact) mass is 123 g/mol. The van der Waals surface area contributed by atoms with E-state index in [-0.39, 0.29) is 18.1 Å². The van der Waals surface area contributed by atoms with Gasteiger partial charge in [0.05, 0.1) is 12.5 Å². The minimum absolute atomic E-state index is 0.106. The summed E-state index contributed by atoms with van der Waals surface area (Å²) >= 11 is 0. The number of nitrogens with zero attached hydrogens (tertiary/aromatic N) is 1. The lowest BCUT2D eigenvalue weighted by atomic mass is 10.2. The number of carbonyl (C=O) groups excluding carboxylic acids is 1. The molecule has 0 aromatic rings. The second-order valence-corrected chi connectivity index (χ2v) is 2.62. The maximum absolute atomic E-state index is 10.8. The highest BCUT2D eigenvalue weighted by molar-refractivity contribution is 5.85. The van der Waals surface area contributed by atoms with Gasteiger partial charge in [-0.05, 0) is 12.3 Å². The molecule has 0 spiro atoms. The van der Waals surface area contributed by atoms with E-state index in [9.17, 15) is 4.79 Å². The Balaban J connectivity index is 2.30.